The van der Waals surface area contributed by atoms with Gasteiger partial charge >= 0.3 is 7.60 Å². The molecule has 1 aromatic rings. The molecule has 0 aliphatic carbocycles. The first-order valence-corrected chi connectivity index (χ1v) is 5.76. The molecular weight excluding hydrogens is 209 g/mol. The van der Waals surface area contributed by atoms with E-state index in [1.807, 2.05) is 0 Å². The van der Waals surface area contributed by atoms with E-state index in [1.165, 1.54) is 11.0 Å². The summed E-state index contributed by atoms with van der Waals surface area (Å²) in [7, 11) is -2.45. The Balaban J connectivity index is 2.56. The number of aromatic nitrogens is 3. The first-order chi connectivity index (χ1) is 6.40. The average Bonchev–Trinajstić information content (AvgIpc) is 2.46. The first kappa shape index (κ1) is 11.3. The third kappa shape index (κ3) is 3.19. The monoisotopic (exact) mass is 221 g/mol. The highest BCUT2D eigenvalue weighted by molar-refractivity contribution is 7.51. The van der Waals surface area contributed by atoms with Crippen molar-refractivity contribution in [2.45, 2.75) is 12.5 Å². The molecule has 0 bridgehead atoms. The molecule has 1 atom stereocenters. The van der Waals surface area contributed by atoms with Crippen LogP contribution in [0.4, 0.5) is 0 Å². The molecule has 80 valence electrons. The summed E-state index contributed by atoms with van der Waals surface area (Å²) < 4.78 is 11.9. The van der Waals surface area contributed by atoms with Crippen LogP contribution in [0.2, 0.25) is 0 Å². The minimum Gasteiger partial charge on any atom is -0.385 e. The maximum absolute atomic E-state index is 10.5. The predicted octanol–water partition coefficient (Wildman–Crippen LogP) is -0.584. The van der Waals surface area contributed by atoms with E-state index in [9.17, 15) is 9.67 Å². The molecule has 7 nitrogen and oxygen atoms in total. The summed E-state index contributed by atoms with van der Waals surface area (Å²) in [6.07, 6.45) is -0.108. The van der Waals surface area contributed by atoms with Gasteiger partial charge in [-0.1, -0.05) is 0 Å². The van der Waals surface area contributed by atoms with Gasteiger partial charge in [-0.05, 0) is 6.42 Å². The number of hydrogen-bond donors (Lipinski definition) is 3. The maximum Gasteiger partial charge on any atom is 0.325 e. The quantitative estimate of drug-likeness (QED) is 0.587. The fraction of sp³-hybridized carbons (Fsp3) is 0.667. The van der Waals surface area contributed by atoms with E-state index in [4.69, 9.17) is 9.79 Å². The fourth-order valence-electron chi connectivity index (χ4n) is 1.03. The van der Waals surface area contributed by atoms with Crippen molar-refractivity contribution in [1.29, 1.82) is 0 Å². The molecule has 1 aromatic heterocycles. The number of rotatable bonds is 4. The van der Waals surface area contributed by atoms with Gasteiger partial charge in [0.15, 0.2) is 5.82 Å². The molecule has 0 radical (unpaired) electrons. The average molecular weight is 221 g/mol. The Labute approximate surface area is 80.6 Å². The van der Waals surface area contributed by atoms with Crippen LogP contribution in [0.3, 0.4) is 0 Å². The SMILES string of the molecule is Cn1ncnc1C(O)CCP(=O)(O)O. The molecule has 1 unspecified atom stereocenters. The van der Waals surface area contributed by atoms with Gasteiger partial charge < -0.3 is 14.9 Å². The second-order valence-corrected chi connectivity index (χ2v) is 4.71. The Morgan fingerprint density at radius 1 is 1.64 bits per heavy atom. The van der Waals surface area contributed by atoms with Gasteiger partial charge in [0.05, 0.1) is 6.16 Å². The summed E-state index contributed by atoms with van der Waals surface area (Å²) in [5.74, 6) is 0.304. The van der Waals surface area contributed by atoms with Crippen molar-refractivity contribution in [2.75, 3.05) is 6.16 Å². The standard InChI is InChI=1S/C6H12N3O4P/c1-9-6(7-4-8-9)5(10)2-3-14(11,12)13/h4-5,10H,2-3H2,1H3,(H2,11,12,13). The summed E-state index contributed by atoms with van der Waals surface area (Å²) in [5, 5.41) is 13.2. The molecule has 0 saturated heterocycles. The smallest absolute Gasteiger partial charge is 0.325 e. The summed E-state index contributed by atoms with van der Waals surface area (Å²) in [6.45, 7) is 0. The molecule has 3 N–H and O–H groups in total. The molecular formula is C6H12N3O4P. The van der Waals surface area contributed by atoms with Crippen molar-refractivity contribution < 1.29 is 19.5 Å². The molecule has 1 heterocycles. The fourth-order valence-corrected chi connectivity index (χ4v) is 1.61. The third-order valence-electron chi connectivity index (χ3n) is 1.74. The zero-order chi connectivity index (χ0) is 10.8. The van der Waals surface area contributed by atoms with Crippen molar-refractivity contribution in [3.8, 4) is 0 Å². The highest BCUT2D eigenvalue weighted by atomic mass is 31.2. The molecule has 0 aliphatic rings. The highest BCUT2D eigenvalue weighted by Gasteiger charge is 2.19. The van der Waals surface area contributed by atoms with Crippen molar-refractivity contribution in [3.63, 3.8) is 0 Å². The summed E-state index contributed by atoms with van der Waals surface area (Å²) >= 11 is 0. The first-order valence-electron chi connectivity index (χ1n) is 3.96. The second-order valence-electron chi connectivity index (χ2n) is 2.93. The van der Waals surface area contributed by atoms with Gasteiger partial charge in [-0.2, -0.15) is 5.10 Å². The van der Waals surface area contributed by atoms with E-state index in [0.717, 1.165) is 0 Å². The lowest BCUT2D eigenvalue weighted by Gasteiger charge is -2.09. The Morgan fingerprint density at radius 3 is 2.71 bits per heavy atom. The zero-order valence-corrected chi connectivity index (χ0v) is 8.50. The molecule has 0 aromatic carbocycles. The predicted molar refractivity (Wildman–Crippen MR) is 47.5 cm³/mol. The summed E-state index contributed by atoms with van der Waals surface area (Å²) in [4.78, 5) is 20.9. The van der Waals surface area contributed by atoms with Crippen LogP contribution >= 0.6 is 7.60 Å². The van der Waals surface area contributed by atoms with Gasteiger partial charge in [0, 0.05) is 7.05 Å². The van der Waals surface area contributed by atoms with Crippen molar-refractivity contribution in [1.82, 2.24) is 14.8 Å². The van der Waals surface area contributed by atoms with E-state index in [-0.39, 0.29) is 12.6 Å². The summed E-state index contributed by atoms with van der Waals surface area (Å²) in [6, 6.07) is 0. The van der Waals surface area contributed by atoms with Gasteiger partial charge in [0.25, 0.3) is 0 Å². The Bertz CT molecular complexity index is 347. The van der Waals surface area contributed by atoms with E-state index in [1.54, 1.807) is 7.05 Å². The van der Waals surface area contributed by atoms with Gasteiger partial charge in [0.1, 0.15) is 12.4 Å². The number of aliphatic hydroxyl groups is 1. The van der Waals surface area contributed by atoms with Crippen LogP contribution in [0.15, 0.2) is 6.33 Å². The lowest BCUT2D eigenvalue weighted by Crippen LogP contribution is -2.08. The number of hydrogen-bond acceptors (Lipinski definition) is 4. The van der Waals surface area contributed by atoms with Crippen LogP contribution in [0.25, 0.3) is 0 Å². The normalized spacial score (nSPS) is 14.3. The van der Waals surface area contributed by atoms with Gasteiger partial charge in [0.2, 0.25) is 0 Å². The van der Waals surface area contributed by atoms with Crippen molar-refractivity contribution in [3.05, 3.63) is 12.2 Å². The van der Waals surface area contributed by atoms with Crippen LogP contribution in [0, 0.1) is 0 Å². The molecule has 0 aliphatic heterocycles. The second kappa shape index (κ2) is 4.18. The van der Waals surface area contributed by atoms with E-state index < -0.39 is 13.7 Å². The van der Waals surface area contributed by atoms with Gasteiger partial charge in [-0.25, -0.2) is 4.98 Å². The molecule has 8 heteroatoms. The molecule has 0 fully saturated rings. The minimum absolute atomic E-state index is 0.0309. The van der Waals surface area contributed by atoms with Crippen LogP contribution in [-0.2, 0) is 11.6 Å². The number of aliphatic hydroxyl groups excluding tert-OH is 1. The van der Waals surface area contributed by atoms with Crippen molar-refractivity contribution >= 4 is 7.60 Å². The maximum atomic E-state index is 10.5. The van der Waals surface area contributed by atoms with Gasteiger partial charge in [-0.15, -0.1) is 0 Å². The largest absolute Gasteiger partial charge is 0.385 e. The molecule has 0 saturated carbocycles. The lowest BCUT2D eigenvalue weighted by atomic mass is 10.2. The summed E-state index contributed by atoms with van der Waals surface area (Å²) in [5.41, 5.74) is 0. The van der Waals surface area contributed by atoms with Crippen molar-refractivity contribution in [2.24, 2.45) is 7.05 Å². The lowest BCUT2D eigenvalue weighted by molar-refractivity contribution is 0.157. The van der Waals surface area contributed by atoms with E-state index in [2.05, 4.69) is 10.1 Å². The Morgan fingerprint density at radius 2 is 2.29 bits per heavy atom. The minimum atomic E-state index is -4.05. The molecule has 0 spiro atoms. The zero-order valence-electron chi connectivity index (χ0n) is 7.61. The Hall–Kier alpha value is -0.750. The van der Waals surface area contributed by atoms with Crippen LogP contribution < -0.4 is 0 Å². The molecule has 0 amide bonds. The number of aryl methyl sites for hydroxylation is 1. The third-order valence-corrected chi connectivity index (χ3v) is 2.58. The van der Waals surface area contributed by atoms with E-state index >= 15 is 0 Å². The van der Waals surface area contributed by atoms with Crippen LogP contribution in [0.5, 0.6) is 0 Å². The topological polar surface area (TPSA) is 108 Å². The van der Waals surface area contributed by atoms with Crippen LogP contribution in [-0.4, -0.2) is 35.8 Å². The Kier molecular flexibility index (Phi) is 3.38. The van der Waals surface area contributed by atoms with Crippen LogP contribution in [0.1, 0.15) is 18.3 Å². The molecule has 14 heavy (non-hydrogen) atoms. The van der Waals surface area contributed by atoms with E-state index in [0.29, 0.717) is 5.82 Å². The van der Waals surface area contributed by atoms with Gasteiger partial charge in [-0.3, -0.25) is 9.25 Å². The number of nitrogens with zero attached hydrogens (tertiary/aromatic N) is 3. The molecule has 1 rings (SSSR count). The highest BCUT2D eigenvalue weighted by Crippen LogP contribution is 2.36.